The molecule has 0 aromatic carbocycles. The molecule has 0 atom stereocenters. The standard InChI is InChI=1S/3Na.H3O2PS2.3H2O/c;;;1-3(2,4)5;;;/h;;;(H3,1,2,4,5);3*1H2/q3*+1;;;;/p-3. The zero-order valence-corrected chi connectivity index (χ0v) is 15.1. The van der Waals surface area contributed by atoms with Crippen LogP contribution in [-0.2, 0) is 24.1 Å². The van der Waals surface area contributed by atoms with Gasteiger partial charge in [0.2, 0.25) is 0 Å². The Morgan fingerprint density at radius 2 is 0.909 bits per heavy atom. The van der Waals surface area contributed by atoms with Gasteiger partial charge in [0.1, 0.15) is 0 Å². The summed E-state index contributed by atoms with van der Waals surface area (Å²) in [5, 5.41) is 0. The predicted octanol–water partition coefficient (Wildman–Crippen LogP) is -13.0. The third kappa shape index (κ3) is 133. The molecule has 0 rings (SSSR count). The maximum absolute atomic E-state index is 9.29. The smallest absolute Gasteiger partial charge is 0.850 e. The number of rotatable bonds is 0. The van der Waals surface area contributed by atoms with Crippen LogP contribution in [0.25, 0.3) is 0 Å². The quantitative estimate of drug-likeness (QED) is 0.239. The van der Waals surface area contributed by atoms with Gasteiger partial charge in [0.05, 0.1) is 0 Å². The van der Waals surface area contributed by atoms with Gasteiger partial charge in [-0.2, -0.15) is 11.8 Å². The average Bonchev–Trinajstić information content (AvgIpc) is 0.722. The maximum atomic E-state index is 9.29. The van der Waals surface area contributed by atoms with Crippen molar-refractivity contribution in [3.8, 4) is 0 Å². The minimum Gasteiger partial charge on any atom is -0.850 e. The summed E-state index contributed by atoms with van der Waals surface area (Å²) in [7, 11) is 0. The molecule has 0 amide bonds. The number of hydrogen-bond donors (Lipinski definition) is 0. The van der Waals surface area contributed by atoms with Crippen molar-refractivity contribution in [1.29, 1.82) is 0 Å². The summed E-state index contributed by atoms with van der Waals surface area (Å²) in [6, 6.07) is 0. The van der Waals surface area contributed by atoms with Crippen LogP contribution in [0.1, 0.15) is 0 Å². The molecule has 0 fully saturated rings. The molecule has 0 aliphatic rings. The summed E-state index contributed by atoms with van der Waals surface area (Å²) >= 11 is 7.28. The van der Waals surface area contributed by atoms with Crippen LogP contribution in [0.2, 0.25) is 0 Å². The monoisotopic (exact) mass is 250 g/mol. The first-order valence-electron chi connectivity index (χ1n) is 0.730. The molecular weight excluding hydrogens is 244 g/mol. The van der Waals surface area contributed by atoms with Gasteiger partial charge in [0.15, 0.2) is 0 Å². The molecule has 0 aliphatic heterocycles. The minimum absolute atomic E-state index is 0. The van der Waals surface area contributed by atoms with E-state index < -0.39 is 5.69 Å². The topological polar surface area (TPSA) is 141 Å². The summed E-state index contributed by atoms with van der Waals surface area (Å²) in [4.78, 5) is 18.6. The SMILES string of the molecule is O.O.O.[Na+].[Na+].[Na+].[O-]P([O-])(=S)[S-]. The van der Waals surface area contributed by atoms with Crippen molar-refractivity contribution in [2.24, 2.45) is 0 Å². The average molecular weight is 250 g/mol. The third-order valence-corrected chi connectivity index (χ3v) is 0. The van der Waals surface area contributed by atoms with E-state index >= 15 is 0 Å². The van der Waals surface area contributed by atoms with E-state index in [1.165, 1.54) is 0 Å². The molecule has 0 radical (unpaired) electrons. The molecule has 0 aromatic heterocycles. The van der Waals surface area contributed by atoms with Crippen molar-refractivity contribution in [1.82, 2.24) is 0 Å². The second-order valence-electron chi connectivity index (χ2n) is 0.447. The van der Waals surface area contributed by atoms with Crippen LogP contribution in [0.4, 0.5) is 0 Å². The Labute approximate surface area is 142 Å². The summed E-state index contributed by atoms with van der Waals surface area (Å²) in [6.45, 7) is 0. The summed E-state index contributed by atoms with van der Waals surface area (Å²) in [5.74, 6) is 0. The van der Waals surface area contributed by atoms with Crippen LogP contribution in [0, 0.1) is 0 Å². The van der Waals surface area contributed by atoms with Crippen LogP contribution in [0.5, 0.6) is 0 Å². The van der Waals surface area contributed by atoms with Gasteiger partial charge in [-0.05, 0) is 0 Å². The molecule has 0 bridgehead atoms. The van der Waals surface area contributed by atoms with Gasteiger partial charge in [0, 0.05) is 0 Å². The molecule has 6 N–H and O–H groups in total. The Balaban J connectivity index is -0.00000000533. The first-order chi connectivity index (χ1) is 2.00. The van der Waals surface area contributed by atoms with E-state index in [1.807, 2.05) is 0 Å². The van der Waals surface area contributed by atoms with Crippen LogP contribution < -0.4 is 98.5 Å². The molecule has 0 spiro atoms. The van der Waals surface area contributed by atoms with Crippen LogP contribution >= 0.6 is 5.69 Å². The molecular formula is H6Na3O5PS2. The zero-order chi connectivity index (χ0) is 4.50. The Hall–Kier alpha value is 3.80. The molecule has 0 aliphatic carbocycles. The van der Waals surface area contributed by atoms with E-state index in [-0.39, 0.29) is 105 Å². The second kappa shape index (κ2) is 23.5. The van der Waals surface area contributed by atoms with E-state index in [2.05, 4.69) is 24.1 Å². The van der Waals surface area contributed by atoms with Gasteiger partial charge in [-0.1, -0.05) is 0 Å². The van der Waals surface area contributed by atoms with Crippen molar-refractivity contribution >= 4 is 29.7 Å². The molecule has 56 valence electrons. The van der Waals surface area contributed by atoms with E-state index in [4.69, 9.17) is 0 Å². The van der Waals surface area contributed by atoms with Crippen molar-refractivity contribution in [2.45, 2.75) is 0 Å². The van der Waals surface area contributed by atoms with Crippen molar-refractivity contribution in [2.75, 3.05) is 0 Å². The van der Waals surface area contributed by atoms with Gasteiger partial charge in [-0.15, -0.1) is 0 Å². The molecule has 5 nitrogen and oxygen atoms in total. The van der Waals surface area contributed by atoms with Crippen molar-refractivity contribution in [3.05, 3.63) is 0 Å². The number of hydrogen-bond acceptors (Lipinski definition) is 4. The van der Waals surface area contributed by atoms with Crippen LogP contribution in [0.15, 0.2) is 0 Å². The summed E-state index contributed by atoms with van der Waals surface area (Å²) in [5.41, 5.74) is -3.72. The molecule has 11 heavy (non-hydrogen) atoms. The molecule has 0 saturated carbocycles. The fraction of sp³-hybridized carbons (Fsp3) is 0. The predicted molar refractivity (Wildman–Crippen MR) is 32.5 cm³/mol. The molecule has 11 heteroatoms. The zero-order valence-electron chi connectivity index (χ0n) is 6.58. The first-order valence-corrected chi connectivity index (χ1v) is 4.38. The van der Waals surface area contributed by atoms with Gasteiger partial charge in [0.25, 0.3) is 0 Å². The van der Waals surface area contributed by atoms with Gasteiger partial charge in [-0.25, -0.2) is 0 Å². The third-order valence-electron chi connectivity index (χ3n) is 0. The second-order valence-corrected chi connectivity index (χ2v) is 4.92. The van der Waals surface area contributed by atoms with E-state index in [0.717, 1.165) is 0 Å². The van der Waals surface area contributed by atoms with Crippen LogP contribution in [0.3, 0.4) is 0 Å². The Morgan fingerprint density at radius 3 is 0.909 bits per heavy atom. The first kappa shape index (κ1) is 46.3. The van der Waals surface area contributed by atoms with E-state index in [1.54, 1.807) is 0 Å². The van der Waals surface area contributed by atoms with Gasteiger partial charge < -0.3 is 44.2 Å². The van der Waals surface area contributed by atoms with E-state index in [9.17, 15) is 9.79 Å². The maximum Gasteiger partial charge on any atom is 1.00 e. The Bertz CT molecular complexity index is 65.9. The van der Waals surface area contributed by atoms with Gasteiger partial charge in [-0.3, -0.25) is 0 Å². The molecule has 0 aromatic rings. The molecule has 0 unspecified atom stereocenters. The Morgan fingerprint density at radius 1 is 0.909 bits per heavy atom. The molecule has 0 saturated heterocycles. The summed E-state index contributed by atoms with van der Waals surface area (Å²) in [6.07, 6.45) is 0. The van der Waals surface area contributed by atoms with Crippen molar-refractivity contribution in [3.63, 3.8) is 0 Å². The largest absolute Gasteiger partial charge is 1.00 e. The fourth-order valence-electron chi connectivity index (χ4n) is 0. The molecule has 0 heterocycles. The Kier molecular flexibility index (Phi) is 99.1. The minimum atomic E-state index is -3.72. The summed E-state index contributed by atoms with van der Waals surface area (Å²) < 4.78 is 0. The van der Waals surface area contributed by atoms with Gasteiger partial charge >= 0.3 is 88.7 Å². The van der Waals surface area contributed by atoms with Crippen molar-refractivity contribution < 1.29 is 115 Å². The fourth-order valence-corrected chi connectivity index (χ4v) is 0. The normalized spacial score (nSPS) is 5.36. The van der Waals surface area contributed by atoms with Crippen LogP contribution in [-0.4, -0.2) is 16.4 Å². The van der Waals surface area contributed by atoms with E-state index in [0.29, 0.717) is 0 Å².